The molecular weight excluding hydrogens is 152 g/mol. The summed E-state index contributed by atoms with van der Waals surface area (Å²) in [5.74, 6) is 0. The standard InChI is InChI=1S/C9H10N2O/c10-9-7-4-2-1-3-6(7)5-8(9)11-12/h1-4,9,12H,5,10H2/b11-8-. The van der Waals surface area contributed by atoms with Gasteiger partial charge in [-0.2, -0.15) is 0 Å². The average molecular weight is 162 g/mol. The topological polar surface area (TPSA) is 58.6 Å². The van der Waals surface area contributed by atoms with Crippen LogP contribution in [0.3, 0.4) is 0 Å². The summed E-state index contributed by atoms with van der Waals surface area (Å²) in [6, 6.07) is 7.67. The Bertz CT molecular complexity index is 333. The van der Waals surface area contributed by atoms with Gasteiger partial charge in [0.1, 0.15) is 0 Å². The molecule has 1 unspecified atom stereocenters. The summed E-state index contributed by atoms with van der Waals surface area (Å²) < 4.78 is 0. The molecule has 0 radical (unpaired) electrons. The number of fused-ring (bicyclic) bond motifs is 1. The molecule has 0 aliphatic heterocycles. The number of nitrogens with two attached hydrogens (primary N) is 1. The van der Waals surface area contributed by atoms with Crippen molar-refractivity contribution in [1.29, 1.82) is 0 Å². The molecule has 1 aliphatic rings. The second-order valence-corrected chi connectivity index (χ2v) is 2.94. The largest absolute Gasteiger partial charge is 0.411 e. The van der Waals surface area contributed by atoms with Gasteiger partial charge in [-0.05, 0) is 11.1 Å². The Balaban J connectivity index is 2.49. The van der Waals surface area contributed by atoms with E-state index in [2.05, 4.69) is 5.16 Å². The Kier molecular flexibility index (Phi) is 1.59. The van der Waals surface area contributed by atoms with Crippen molar-refractivity contribution in [2.45, 2.75) is 12.5 Å². The molecular formula is C9H10N2O. The van der Waals surface area contributed by atoms with Crippen LogP contribution in [0, 0.1) is 0 Å². The number of rotatable bonds is 0. The summed E-state index contributed by atoms with van der Waals surface area (Å²) in [4.78, 5) is 0. The number of oxime groups is 1. The highest BCUT2D eigenvalue weighted by Gasteiger charge is 2.24. The van der Waals surface area contributed by atoms with Crippen LogP contribution in [-0.4, -0.2) is 10.9 Å². The smallest absolute Gasteiger partial charge is 0.0826 e. The van der Waals surface area contributed by atoms with Crippen LogP contribution < -0.4 is 5.73 Å². The van der Waals surface area contributed by atoms with Gasteiger partial charge in [0.25, 0.3) is 0 Å². The van der Waals surface area contributed by atoms with Gasteiger partial charge in [-0.15, -0.1) is 0 Å². The zero-order chi connectivity index (χ0) is 8.55. The molecule has 1 aliphatic carbocycles. The lowest BCUT2D eigenvalue weighted by molar-refractivity contribution is 0.316. The molecule has 2 rings (SSSR count). The Hall–Kier alpha value is -1.35. The van der Waals surface area contributed by atoms with Gasteiger partial charge in [-0.3, -0.25) is 0 Å². The minimum atomic E-state index is -0.216. The molecule has 1 aromatic rings. The fourth-order valence-corrected chi connectivity index (χ4v) is 1.58. The van der Waals surface area contributed by atoms with Crippen molar-refractivity contribution in [3.05, 3.63) is 35.4 Å². The van der Waals surface area contributed by atoms with Crippen molar-refractivity contribution < 1.29 is 5.21 Å². The van der Waals surface area contributed by atoms with Crippen LogP contribution in [0.15, 0.2) is 29.4 Å². The summed E-state index contributed by atoms with van der Waals surface area (Å²) >= 11 is 0. The monoisotopic (exact) mass is 162 g/mol. The first kappa shape index (κ1) is 7.31. The Morgan fingerprint density at radius 1 is 1.42 bits per heavy atom. The summed E-state index contributed by atoms with van der Waals surface area (Å²) in [6.45, 7) is 0. The molecule has 12 heavy (non-hydrogen) atoms. The molecule has 0 fully saturated rings. The van der Waals surface area contributed by atoms with E-state index in [-0.39, 0.29) is 6.04 Å². The predicted octanol–water partition coefficient (Wildman–Crippen LogP) is 1.07. The number of nitrogens with zero attached hydrogens (tertiary/aromatic N) is 1. The van der Waals surface area contributed by atoms with Gasteiger partial charge in [0.2, 0.25) is 0 Å². The van der Waals surface area contributed by atoms with Crippen LogP contribution in [-0.2, 0) is 6.42 Å². The maximum Gasteiger partial charge on any atom is 0.0826 e. The van der Waals surface area contributed by atoms with E-state index in [4.69, 9.17) is 10.9 Å². The third-order valence-electron chi connectivity index (χ3n) is 2.25. The highest BCUT2D eigenvalue weighted by atomic mass is 16.4. The molecule has 0 bridgehead atoms. The van der Waals surface area contributed by atoms with Crippen LogP contribution in [0.5, 0.6) is 0 Å². The molecule has 0 spiro atoms. The maximum absolute atomic E-state index is 8.62. The third kappa shape index (κ3) is 0.905. The van der Waals surface area contributed by atoms with Gasteiger partial charge in [0, 0.05) is 6.42 Å². The van der Waals surface area contributed by atoms with E-state index >= 15 is 0 Å². The van der Waals surface area contributed by atoms with Gasteiger partial charge in [-0.25, -0.2) is 0 Å². The van der Waals surface area contributed by atoms with Gasteiger partial charge in [0.15, 0.2) is 0 Å². The lowest BCUT2D eigenvalue weighted by Gasteiger charge is -2.02. The van der Waals surface area contributed by atoms with Crippen molar-refractivity contribution in [3.8, 4) is 0 Å². The minimum Gasteiger partial charge on any atom is -0.411 e. The molecule has 1 atom stereocenters. The maximum atomic E-state index is 8.62. The van der Waals surface area contributed by atoms with E-state index in [9.17, 15) is 0 Å². The fraction of sp³-hybridized carbons (Fsp3) is 0.222. The van der Waals surface area contributed by atoms with Crippen LogP contribution in [0.1, 0.15) is 17.2 Å². The molecule has 62 valence electrons. The van der Waals surface area contributed by atoms with Gasteiger partial charge in [-0.1, -0.05) is 29.4 Å². The SMILES string of the molecule is NC1/C(=N\O)Cc2ccccc21. The number of hydrogen-bond donors (Lipinski definition) is 2. The lowest BCUT2D eigenvalue weighted by atomic mass is 10.1. The average Bonchev–Trinajstić information content (AvgIpc) is 2.44. The van der Waals surface area contributed by atoms with E-state index < -0.39 is 0 Å². The predicted molar refractivity (Wildman–Crippen MR) is 46.3 cm³/mol. The highest BCUT2D eigenvalue weighted by Crippen LogP contribution is 2.26. The van der Waals surface area contributed by atoms with Crippen molar-refractivity contribution in [2.24, 2.45) is 10.9 Å². The summed E-state index contributed by atoms with van der Waals surface area (Å²) in [7, 11) is 0. The van der Waals surface area contributed by atoms with E-state index in [0.29, 0.717) is 12.1 Å². The number of hydrogen-bond acceptors (Lipinski definition) is 3. The first-order valence-electron chi connectivity index (χ1n) is 3.87. The van der Waals surface area contributed by atoms with Crippen molar-refractivity contribution in [1.82, 2.24) is 0 Å². The lowest BCUT2D eigenvalue weighted by Crippen LogP contribution is -2.16. The highest BCUT2D eigenvalue weighted by molar-refractivity contribution is 5.96. The molecule has 3 nitrogen and oxygen atoms in total. The molecule has 0 saturated carbocycles. The van der Waals surface area contributed by atoms with Crippen molar-refractivity contribution in [3.63, 3.8) is 0 Å². The molecule has 3 N–H and O–H groups in total. The summed E-state index contributed by atoms with van der Waals surface area (Å²) in [6.07, 6.45) is 0.674. The van der Waals surface area contributed by atoms with Crippen molar-refractivity contribution >= 4 is 5.71 Å². The molecule has 1 aromatic carbocycles. The van der Waals surface area contributed by atoms with Crippen LogP contribution >= 0.6 is 0 Å². The quantitative estimate of drug-likeness (QED) is 0.443. The molecule has 3 heteroatoms. The van der Waals surface area contributed by atoms with Crippen LogP contribution in [0.2, 0.25) is 0 Å². The third-order valence-corrected chi connectivity index (χ3v) is 2.25. The zero-order valence-corrected chi connectivity index (χ0v) is 6.57. The van der Waals surface area contributed by atoms with E-state index in [1.165, 1.54) is 0 Å². The Morgan fingerprint density at radius 3 is 2.83 bits per heavy atom. The molecule has 0 aromatic heterocycles. The molecule has 0 saturated heterocycles. The second-order valence-electron chi connectivity index (χ2n) is 2.94. The van der Waals surface area contributed by atoms with Gasteiger partial charge in [0.05, 0.1) is 11.8 Å². The fourth-order valence-electron chi connectivity index (χ4n) is 1.58. The summed E-state index contributed by atoms with van der Waals surface area (Å²) in [5, 5.41) is 11.8. The second kappa shape index (κ2) is 2.60. The normalized spacial score (nSPS) is 24.4. The zero-order valence-electron chi connectivity index (χ0n) is 6.57. The van der Waals surface area contributed by atoms with E-state index in [1.807, 2.05) is 24.3 Å². The van der Waals surface area contributed by atoms with Crippen molar-refractivity contribution in [2.75, 3.05) is 0 Å². The minimum absolute atomic E-state index is 0.216. The van der Waals surface area contributed by atoms with Crippen LogP contribution in [0.4, 0.5) is 0 Å². The van der Waals surface area contributed by atoms with E-state index in [1.54, 1.807) is 0 Å². The first-order valence-corrected chi connectivity index (χ1v) is 3.87. The molecule has 0 amide bonds. The van der Waals surface area contributed by atoms with E-state index in [0.717, 1.165) is 11.1 Å². The first-order chi connectivity index (χ1) is 5.83. The van der Waals surface area contributed by atoms with Gasteiger partial charge < -0.3 is 10.9 Å². The summed E-state index contributed by atoms with van der Waals surface area (Å²) in [5.41, 5.74) is 8.70. The number of benzene rings is 1. The van der Waals surface area contributed by atoms with Crippen LogP contribution in [0.25, 0.3) is 0 Å². The Labute approximate surface area is 70.5 Å². The van der Waals surface area contributed by atoms with Gasteiger partial charge >= 0.3 is 0 Å². The Morgan fingerprint density at radius 2 is 2.17 bits per heavy atom. The molecule has 0 heterocycles.